The molecule has 2 heterocycles. The lowest BCUT2D eigenvalue weighted by molar-refractivity contribution is -0.0163. The highest BCUT2D eigenvalue weighted by atomic mass is 16.5. The number of aryl methyl sites for hydroxylation is 3. The first-order valence-electron chi connectivity index (χ1n) is 9.51. The van der Waals surface area contributed by atoms with Crippen molar-refractivity contribution in [1.82, 2.24) is 9.88 Å². The summed E-state index contributed by atoms with van der Waals surface area (Å²) < 4.78 is 5.87. The molecule has 144 valence electrons. The Morgan fingerprint density at radius 3 is 2.67 bits per heavy atom. The molecule has 0 saturated carbocycles. The number of aliphatic hydroxyl groups is 1. The van der Waals surface area contributed by atoms with E-state index >= 15 is 0 Å². The molecule has 1 unspecified atom stereocenters. The molecule has 1 fully saturated rings. The maximum absolute atomic E-state index is 12.7. The Labute approximate surface area is 161 Å². The normalized spacial score (nSPS) is 20.2. The molecule has 1 saturated heterocycles. The summed E-state index contributed by atoms with van der Waals surface area (Å²) in [5.74, 6) is 0.747. The number of carbonyl (C=O) groups excluding carboxylic acids is 1. The molecule has 27 heavy (non-hydrogen) atoms. The summed E-state index contributed by atoms with van der Waals surface area (Å²) in [5, 5.41) is 11.0. The Balaban J connectivity index is 1.60. The zero-order valence-corrected chi connectivity index (χ0v) is 16.4. The van der Waals surface area contributed by atoms with Crippen molar-refractivity contribution in [2.75, 3.05) is 19.7 Å². The van der Waals surface area contributed by atoms with Crippen LogP contribution in [-0.2, 0) is 0 Å². The van der Waals surface area contributed by atoms with Gasteiger partial charge in [-0.15, -0.1) is 0 Å². The molecule has 1 aliphatic heterocycles. The smallest absolute Gasteiger partial charge is 0.255 e. The Morgan fingerprint density at radius 2 is 1.96 bits per heavy atom. The van der Waals surface area contributed by atoms with Gasteiger partial charge in [0.05, 0.1) is 5.56 Å². The van der Waals surface area contributed by atoms with Gasteiger partial charge < -0.3 is 14.7 Å². The summed E-state index contributed by atoms with van der Waals surface area (Å²) in [7, 11) is 0. The largest absolute Gasteiger partial charge is 0.491 e. The van der Waals surface area contributed by atoms with Crippen LogP contribution in [0.2, 0.25) is 0 Å². The SMILES string of the molecule is Cc1ccc(C(=O)N2CCCC(O)(COc3ccc(C)c(C)c3)CC2)cn1. The van der Waals surface area contributed by atoms with Crippen LogP contribution in [0.25, 0.3) is 0 Å². The van der Waals surface area contributed by atoms with E-state index in [1.165, 1.54) is 11.1 Å². The molecule has 0 bridgehead atoms. The van der Waals surface area contributed by atoms with Crippen molar-refractivity contribution in [2.45, 2.75) is 45.6 Å². The molecule has 2 aromatic rings. The van der Waals surface area contributed by atoms with E-state index in [2.05, 4.69) is 11.9 Å². The van der Waals surface area contributed by atoms with Gasteiger partial charge in [-0.25, -0.2) is 0 Å². The highest BCUT2D eigenvalue weighted by molar-refractivity contribution is 5.93. The van der Waals surface area contributed by atoms with Crippen LogP contribution in [0.5, 0.6) is 5.75 Å². The molecule has 0 radical (unpaired) electrons. The van der Waals surface area contributed by atoms with E-state index in [0.29, 0.717) is 31.5 Å². The number of likely N-dealkylation sites (tertiary alicyclic amines) is 1. The van der Waals surface area contributed by atoms with E-state index in [1.54, 1.807) is 11.1 Å². The fourth-order valence-electron chi connectivity index (χ4n) is 3.32. The highest BCUT2D eigenvalue weighted by Gasteiger charge is 2.32. The van der Waals surface area contributed by atoms with Gasteiger partial charge in [0.25, 0.3) is 5.91 Å². The van der Waals surface area contributed by atoms with Gasteiger partial charge in [0.15, 0.2) is 0 Å². The number of ether oxygens (including phenoxy) is 1. The standard InChI is InChI=1S/C22H28N2O3/c1-16-5-8-20(13-17(16)2)27-15-22(26)9-4-11-24(12-10-22)21(25)19-7-6-18(3)23-14-19/h5-8,13-14,26H,4,9-12,15H2,1-3H3. The fraction of sp³-hybridized carbons (Fsp3) is 0.455. The van der Waals surface area contributed by atoms with Crippen molar-refractivity contribution in [3.8, 4) is 5.75 Å². The van der Waals surface area contributed by atoms with Crippen LogP contribution in [0.3, 0.4) is 0 Å². The summed E-state index contributed by atoms with van der Waals surface area (Å²) in [6, 6.07) is 9.61. The van der Waals surface area contributed by atoms with Gasteiger partial charge in [0, 0.05) is 25.0 Å². The second-order valence-corrected chi connectivity index (χ2v) is 7.59. The van der Waals surface area contributed by atoms with Crippen LogP contribution in [0.15, 0.2) is 36.5 Å². The number of hydrogen-bond acceptors (Lipinski definition) is 4. The van der Waals surface area contributed by atoms with Gasteiger partial charge in [-0.05, 0) is 75.4 Å². The maximum atomic E-state index is 12.7. The van der Waals surface area contributed by atoms with E-state index in [0.717, 1.165) is 17.9 Å². The second kappa shape index (κ2) is 8.09. The summed E-state index contributed by atoms with van der Waals surface area (Å²) >= 11 is 0. The molecule has 0 aliphatic carbocycles. The van der Waals surface area contributed by atoms with Crippen molar-refractivity contribution in [2.24, 2.45) is 0 Å². The van der Waals surface area contributed by atoms with E-state index in [9.17, 15) is 9.90 Å². The summed E-state index contributed by atoms with van der Waals surface area (Å²) in [5.41, 5.74) is 2.95. The molecule has 1 aromatic heterocycles. The van der Waals surface area contributed by atoms with Gasteiger partial charge in [0.1, 0.15) is 18.0 Å². The topological polar surface area (TPSA) is 62.7 Å². The molecule has 5 heteroatoms. The van der Waals surface area contributed by atoms with Crippen LogP contribution in [0.1, 0.15) is 46.4 Å². The quantitative estimate of drug-likeness (QED) is 0.898. The van der Waals surface area contributed by atoms with Crippen molar-refractivity contribution in [1.29, 1.82) is 0 Å². The minimum absolute atomic E-state index is 0.0261. The molecule has 1 N–H and O–H groups in total. The molecular formula is C22H28N2O3. The van der Waals surface area contributed by atoms with Crippen molar-refractivity contribution < 1.29 is 14.6 Å². The van der Waals surface area contributed by atoms with Crippen LogP contribution in [0, 0.1) is 20.8 Å². The number of hydrogen-bond donors (Lipinski definition) is 1. The first-order chi connectivity index (χ1) is 12.9. The fourth-order valence-corrected chi connectivity index (χ4v) is 3.32. The number of nitrogens with zero attached hydrogens (tertiary/aromatic N) is 2. The van der Waals surface area contributed by atoms with Gasteiger partial charge in [-0.2, -0.15) is 0 Å². The van der Waals surface area contributed by atoms with E-state index in [1.807, 2.05) is 44.2 Å². The average molecular weight is 368 g/mol. The molecule has 1 amide bonds. The van der Waals surface area contributed by atoms with E-state index in [4.69, 9.17) is 4.74 Å². The van der Waals surface area contributed by atoms with Crippen molar-refractivity contribution >= 4 is 5.91 Å². The predicted octanol–water partition coefficient (Wildman–Crippen LogP) is 3.44. The lowest BCUT2D eigenvalue weighted by atomic mass is 9.96. The zero-order valence-electron chi connectivity index (χ0n) is 16.4. The van der Waals surface area contributed by atoms with Crippen molar-refractivity contribution in [3.63, 3.8) is 0 Å². The molecular weight excluding hydrogens is 340 g/mol. The van der Waals surface area contributed by atoms with Crippen LogP contribution < -0.4 is 4.74 Å². The summed E-state index contributed by atoms with van der Waals surface area (Å²) in [4.78, 5) is 18.7. The van der Waals surface area contributed by atoms with Gasteiger partial charge in [-0.3, -0.25) is 9.78 Å². The summed E-state index contributed by atoms with van der Waals surface area (Å²) in [6.45, 7) is 7.40. The van der Waals surface area contributed by atoms with Gasteiger partial charge in [0.2, 0.25) is 0 Å². The molecule has 5 nitrogen and oxygen atoms in total. The first kappa shape index (κ1) is 19.4. The highest BCUT2D eigenvalue weighted by Crippen LogP contribution is 2.25. The lowest BCUT2D eigenvalue weighted by Crippen LogP contribution is -2.38. The zero-order chi connectivity index (χ0) is 19.4. The minimum Gasteiger partial charge on any atom is -0.491 e. The number of pyridine rings is 1. The molecule has 3 rings (SSSR count). The van der Waals surface area contributed by atoms with E-state index < -0.39 is 5.60 Å². The number of amides is 1. The van der Waals surface area contributed by atoms with E-state index in [-0.39, 0.29) is 12.5 Å². The Bertz CT molecular complexity index is 804. The molecule has 0 spiro atoms. The Morgan fingerprint density at radius 1 is 1.15 bits per heavy atom. The molecule has 1 atom stereocenters. The monoisotopic (exact) mass is 368 g/mol. The molecule has 1 aromatic carbocycles. The number of benzene rings is 1. The number of aromatic nitrogens is 1. The maximum Gasteiger partial charge on any atom is 0.255 e. The van der Waals surface area contributed by atoms with Gasteiger partial charge >= 0.3 is 0 Å². The molecule has 1 aliphatic rings. The third-order valence-electron chi connectivity index (χ3n) is 5.35. The summed E-state index contributed by atoms with van der Waals surface area (Å²) in [6.07, 6.45) is 3.49. The predicted molar refractivity (Wildman–Crippen MR) is 105 cm³/mol. The van der Waals surface area contributed by atoms with Gasteiger partial charge in [-0.1, -0.05) is 6.07 Å². The Hall–Kier alpha value is -2.40. The van der Waals surface area contributed by atoms with Crippen LogP contribution >= 0.6 is 0 Å². The second-order valence-electron chi connectivity index (χ2n) is 7.59. The number of carbonyl (C=O) groups is 1. The average Bonchev–Trinajstić information content (AvgIpc) is 2.85. The third kappa shape index (κ3) is 4.86. The van der Waals surface area contributed by atoms with Crippen LogP contribution in [-0.4, -0.2) is 46.2 Å². The Kier molecular flexibility index (Phi) is 5.80. The first-order valence-corrected chi connectivity index (χ1v) is 9.51. The third-order valence-corrected chi connectivity index (χ3v) is 5.35. The number of rotatable bonds is 4. The van der Waals surface area contributed by atoms with Crippen molar-refractivity contribution in [3.05, 3.63) is 58.9 Å². The van der Waals surface area contributed by atoms with Crippen LogP contribution in [0.4, 0.5) is 0 Å². The lowest BCUT2D eigenvalue weighted by Gasteiger charge is -2.27. The minimum atomic E-state index is -0.917.